The van der Waals surface area contributed by atoms with Gasteiger partial charge in [-0.05, 0) is 68.6 Å². The fraction of sp³-hybridized carbons (Fsp3) is 0.613. The van der Waals surface area contributed by atoms with Crippen LogP contribution >= 0.6 is 11.3 Å². The van der Waals surface area contributed by atoms with Gasteiger partial charge in [0.25, 0.3) is 0 Å². The van der Waals surface area contributed by atoms with Crippen LogP contribution in [0.15, 0.2) is 29.2 Å². The maximum absolute atomic E-state index is 13.0. The summed E-state index contributed by atoms with van der Waals surface area (Å²) in [6, 6.07) is 9.33. The van der Waals surface area contributed by atoms with Gasteiger partial charge in [-0.15, -0.1) is 11.3 Å². The van der Waals surface area contributed by atoms with E-state index in [0.29, 0.717) is 29.1 Å². The van der Waals surface area contributed by atoms with Crippen molar-refractivity contribution in [2.24, 2.45) is 11.8 Å². The number of benzene rings is 1. The van der Waals surface area contributed by atoms with Crippen molar-refractivity contribution >= 4 is 32.3 Å². The normalized spacial score (nSPS) is 21.1. The van der Waals surface area contributed by atoms with Crippen LogP contribution in [0.25, 0.3) is 0 Å². The molecule has 7 nitrogen and oxygen atoms in total. The highest BCUT2D eigenvalue weighted by Gasteiger charge is 2.31. The first-order valence-corrected chi connectivity index (χ1v) is 17.3. The molecule has 0 radical (unpaired) electrons. The summed E-state index contributed by atoms with van der Waals surface area (Å²) < 4.78 is 28.3. The number of sulfonamides is 1. The smallest absolute Gasteiger partial charge is 0.240 e. The summed E-state index contributed by atoms with van der Waals surface area (Å²) in [5.41, 5.74) is 2.40. The summed E-state index contributed by atoms with van der Waals surface area (Å²) in [5, 5.41) is 13.6. The Morgan fingerprint density at radius 1 is 1.02 bits per heavy atom. The molecule has 2 heterocycles. The van der Waals surface area contributed by atoms with E-state index < -0.39 is 10.0 Å². The van der Waals surface area contributed by atoms with E-state index in [1.54, 1.807) is 24.3 Å². The molecule has 1 aromatic heterocycles. The Hall–Kier alpha value is -2.25. The molecule has 2 fully saturated rings. The quantitative estimate of drug-likeness (QED) is 0.378. The highest BCUT2D eigenvalue weighted by molar-refractivity contribution is 7.89. The number of fused-ring (bicyclic) bond motifs is 1. The molecule has 9 heteroatoms. The topological polar surface area (TPSA) is 102 Å². The lowest BCUT2D eigenvalue weighted by Crippen LogP contribution is -2.41. The second-order valence-electron chi connectivity index (χ2n) is 12.0. The van der Waals surface area contributed by atoms with Gasteiger partial charge in [0.15, 0.2) is 0 Å². The molecule has 1 unspecified atom stereocenters. The summed E-state index contributed by atoms with van der Waals surface area (Å²) in [4.78, 5) is 16.9. The number of nitrogens with one attached hydrogen (secondary N) is 2. The number of carbonyl (C=O) groups is 1. The standard InChI is InChI=1S/C31H42N4O3S2/c1-22-16-29-28(21-35(22)20-25-10-6-3-7-11-25)27(18-32)31(39-29)34-30(36)17-23-12-14-26(15-13-23)40(37,38)33-19-24-8-4-2-5-9-24/h12-15,22,24-25,33H,2-11,16-17,19-21H2,1H3,(H,34,36). The zero-order chi connectivity index (χ0) is 28.1. The van der Waals surface area contributed by atoms with E-state index in [2.05, 4.69) is 27.9 Å². The van der Waals surface area contributed by atoms with Gasteiger partial charge in [-0.25, -0.2) is 13.1 Å². The molecule has 1 amide bonds. The lowest BCUT2D eigenvalue weighted by atomic mass is 9.87. The molecule has 0 spiro atoms. The van der Waals surface area contributed by atoms with E-state index in [0.717, 1.165) is 49.4 Å². The molecular formula is C31H42N4O3S2. The molecular weight excluding hydrogens is 541 g/mol. The molecule has 0 bridgehead atoms. The predicted octanol–water partition coefficient (Wildman–Crippen LogP) is 5.99. The number of thiophene rings is 1. The van der Waals surface area contributed by atoms with Crippen molar-refractivity contribution in [3.05, 3.63) is 45.8 Å². The van der Waals surface area contributed by atoms with Crippen molar-refractivity contribution in [1.82, 2.24) is 9.62 Å². The van der Waals surface area contributed by atoms with Gasteiger partial charge in [-0.1, -0.05) is 50.7 Å². The average Bonchev–Trinajstić information content (AvgIpc) is 3.28. The number of anilines is 1. The van der Waals surface area contributed by atoms with E-state index in [1.165, 1.54) is 67.6 Å². The third-order valence-electron chi connectivity index (χ3n) is 9.02. The number of hydrogen-bond donors (Lipinski definition) is 2. The van der Waals surface area contributed by atoms with Crippen LogP contribution in [0.4, 0.5) is 5.00 Å². The summed E-state index contributed by atoms with van der Waals surface area (Å²) in [7, 11) is -3.57. The zero-order valence-corrected chi connectivity index (χ0v) is 25.2. The summed E-state index contributed by atoms with van der Waals surface area (Å²) in [6.07, 6.45) is 13.4. The minimum absolute atomic E-state index is 0.119. The van der Waals surface area contributed by atoms with Gasteiger partial charge in [0.2, 0.25) is 15.9 Å². The lowest BCUT2D eigenvalue weighted by molar-refractivity contribution is -0.115. The average molecular weight is 583 g/mol. The van der Waals surface area contributed by atoms with Crippen LogP contribution in [0.3, 0.4) is 0 Å². The molecule has 2 saturated carbocycles. The van der Waals surface area contributed by atoms with Crippen LogP contribution in [0, 0.1) is 23.2 Å². The van der Waals surface area contributed by atoms with Crippen molar-refractivity contribution < 1.29 is 13.2 Å². The first-order valence-electron chi connectivity index (χ1n) is 15.0. The number of hydrogen-bond acceptors (Lipinski definition) is 6. The van der Waals surface area contributed by atoms with Crippen LogP contribution in [0.5, 0.6) is 0 Å². The molecule has 40 heavy (non-hydrogen) atoms. The van der Waals surface area contributed by atoms with Crippen LogP contribution in [-0.2, 0) is 34.2 Å². The third-order valence-corrected chi connectivity index (χ3v) is 11.6. The van der Waals surface area contributed by atoms with Crippen LogP contribution in [-0.4, -0.2) is 38.4 Å². The van der Waals surface area contributed by atoms with Gasteiger partial charge in [0.1, 0.15) is 11.1 Å². The van der Waals surface area contributed by atoms with Gasteiger partial charge >= 0.3 is 0 Å². The maximum atomic E-state index is 13.0. The number of nitriles is 1. The Kier molecular flexibility index (Phi) is 9.62. The van der Waals surface area contributed by atoms with E-state index >= 15 is 0 Å². The van der Waals surface area contributed by atoms with Crippen LogP contribution < -0.4 is 10.0 Å². The Morgan fingerprint density at radius 3 is 2.33 bits per heavy atom. The fourth-order valence-corrected chi connectivity index (χ4v) is 9.01. The van der Waals surface area contributed by atoms with Gasteiger partial charge in [-0.3, -0.25) is 9.69 Å². The molecule has 1 aliphatic heterocycles. The monoisotopic (exact) mass is 582 g/mol. The van der Waals surface area contributed by atoms with Gasteiger partial charge in [-0.2, -0.15) is 5.26 Å². The van der Waals surface area contributed by atoms with E-state index in [9.17, 15) is 18.5 Å². The largest absolute Gasteiger partial charge is 0.316 e. The molecule has 1 atom stereocenters. The minimum Gasteiger partial charge on any atom is -0.316 e. The van der Waals surface area contributed by atoms with Crippen molar-refractivity contribution in [3.63, 3.8) is 0 Å². The number of rotatable bonds is 9. The molecule has 2 aliphatic carbocycles. The van der Waals surface area contributed by atoms with Gasteiger partial charge in [0, 0.05) is 36.1 Å². The highest BCUT2D eigenvalue weighted by atomic mass is 32.2. The van der Waals surface area contributed by atoms with Crippen molar-refractivity contribution in [1.29, 1.82) is 5.26 Å². The SMILES string of the molecule is CC1Cc2sc(NC(=O)Cc3ccc(S(=O)(=O)NCC4CCCCC4)cc3)c(C#N)c2CN1CC1CCCCC1. The molecule has 1 aromatic carbocycles. The molecule has 2 N–H and O–H groups in total. The zero-order valence-electron chi connectivity index (χ0n) is 23.6. The number of carbonyl (C=O) groups excluding carboxylic acids is 1. The Balaban J connectivity index is 1.18. The predicted molar refractivity (Wildman–Crippen MR) is 160 cm³/mol. The Morgan fingerprint density at radius 2 is 1.68 bits per heavy atom. The Bertz CT molecular complexity index is 1320. The highest BCUT2D eigenvalue weighted by Crippen LogP contribution is 2.39. The van der Waals surface area contributed by atoms with Gasteiger partial charge in [0.05, 0.1) is 16.9 Å². The summed E-state index contributed by atoms with van der Waals surface area (Å²) >= 11 is 1.53. The lowest BCUT2D eigenvalue weighted by Gasteiger charge is -2.37. The van der Waals surface area contributed by atoms with Crippen LogP contribution in [0.2, 0.25) is 0 Å². The molecule has 3 aliphatic rings. The fourth-order valence-electron chi connectivity index (χ4n) is 6.60. The first-order chi connectivity index (χ1) is 19.3. The number of nitrogens with zero attached hydrogens (tertiary/aromatic N) is 2. The molecule has 5 rings (SSSR count). The third kappa shape index (κ3) is 7.14. The van der Waals surface area contributed by atoms with Crippen molar-refractivity contribution in [2.75, 3.05) is 18.4 Å². The van der Waals surface area contributed by atoms with Gasteiger partial charge < -0.3 is 5.32 Å². The summed E-state index contributed by atoms with van der Waals surface area (Å²) in [5.74, 6) is 0.958. The summed E-state index contributed by atoms with van der Waals surface area (Å²) in [6.45, 7) is 4.61. The molecule has 0 saturated heterocycles. The van der Waals surface area contributed by atoms with E-state index in [4.69, 9.17) is 0 Å². The van der Waals surface area contributed by atoms with Crippen molar-refractivity contribution in [3.8, 4) is 6.07 Å². The Labute approximate surface area is 243 Å². The number of amides is 1. The van der Waals surface area contributed by atoms with Crippen LogP contribution in [0.1, 0.15) is 92.7 Å². The van der Waals surface area contributed by atoms with E-state index in [1.807, 2.05) is 0 Å². The van der Waals surface area contributed by atoms with Crippen molar-refractivity contribution in [2.45, 2.75) is 101 Å². The molecule has 2 aromatic rings. The first kappa shape index (κ1) is 29.2. The second kappa shape index (κ2) is 13.2. The molecule has 216 valence electrons. The minimum atomic E-state index is -3.57. The second-order valence-corrected chi connectivity index (χ2v) is 14.9. The van der Waals surface area contributed by atoms with E-state index in [-0.39, 0.29) is 17.2 Å². The maximum Gasteiger partial charge on any atom is 0.240 e.